The lowest BCUT2D eigenvalue weighted by molar-refractivity contribution is -0.131. The van der Waals surface area contributed by atoms with Crippen molar-refractivity contribution in [3.8, 4) is 0 Å². The van der Waals surface area contributed by atoms with Gasteiger partial charge in [0.2, 0.25) is 0 Å². The highest BCUT2D eigenvalue weighted by atomic mass is 16.4. The third-order valence-electron chi connectivity index (χ3n) is 2.33. The Kier molecular flexibility index (Phi) is 4.45. The molecule has 0 radical (unpaired) electrons. The number of urea groups is 1. The normalized spacial score (nSPS) is 15.6. The Hall–Kier alpha value is -2.11. The molecular weight excluding hydrogens is 224 g/mol. The highest BCUT2D eigenvalue weighted by Gasteiger charge is 2.16. The van der Waals surface area contributed by atoms with Gasteiger partial charge in [-0.05, 0) is 13.3 Å². The molecule has 3 amide bonds. The van der Waals surface area contributed by atoms with Crippen LogP contribution in [0.2, 0.25) is 0 Å². The monoisotopic (exact) mass is 238 g/mol. The molecule has 0 aromatic carbocycles. The Balaban J connectivity index is 2.44. The van der Waals surface area contributed by atoms with Gasteiger partial charge in [-0.3, -0.25) is 10.1 Å². The van der Waals surface area contributed by atoms with Crippen LogP contribution in [0.4, 0.5) is 4.79 Å². The molecule has 6 heteroatoms. The predicted molar refractivity (Wildman–Crippen MR) is 60.3 cm³/mol. The highest BCUT2D eigenvalue weighted by molar-refractivity contribution is 6.02. The van der Waals surface area contributed by atoms with Crippen LogP contribution in [0, 0.1) is 0 Å². The van der Waals surface area contributed by atoms with Crippen LogP contribution in [0.3, 0.4) is 0 Å². The van der Waals surface area contributed by atoms with Gasteiger partial charge in [0.15, 0.2) is 0 Å². The number of nitrogens with one attached hydrogen (secondary N) is 1. The maximum atomic E-state index is 11.5. The van der Waals surface area contributed by atoms with Gasteiger partial charge in [0.25, 0.3) is 5.91 Å². The maximum absolute atomic E-state index is 11.5. The Morgan fingerprint density at radius 1 is 1.41 bits per heavy atom. The molecule has 0 aromatic rings. The summed E-state index contributed by atoms with van der Waals surface area (Å²) in [6, 6.07) is -0.506. The van der Waals surface area contributed by atoms with E-state index >= 15 is 0 Å². The SMILES string of the molecule is CC1=CCN(C(=O)NC(=O)/C=C/C(=O)O)CC1. The quantitative estimate of drug-likeness (QED) is 0.542. The third-order valence-corrected chi connectivity index (χ3v) is 2.33. The van der Waals surface area contributed by atoms with Crippen LogP contribution in [-0.2, 0) is 9.59 Å². The molecule has 0 aliphatic carbocycles. The number of carbonyl (C=O) groups excluding carboxylic acids is 2. The average Bonchev–Trinajstić information content (AvgIpc) is 2.27. The maximum Gasteiger partial charge on any atom is 0.328 e. The summed E-state index contributed by atoms with van der Waals surface area (Å²) < 4.78 is 0. The Morgan fingerprint density at radius 2 is 2.12 bits per heavy atom. The molecule has 1 rings (SSSR count). The molecule has 1 aliphatic rings. The zero-order valence-corrected chi connectivity index (χ0v) is 9.47. The summed E-state index contributed by atoms with van der Waals surface area (Å²) in [6.07, 6.45) is 4.20. The first-order valence-corrected chi connectivity index (χ1v) is 5.15. The van der Waals surface area contributed by atoms with Gasteiger partial charge in [0, 0.05) is 25.2 Å². The average molecular weight is 238 g/mol. The molecule has 0 atom stereocenters. The van der Waals surface area contributed by atoms with E-state index < -0.39 is 17.9 Å². The first-order valence-electron chi connectivity index (χ1n) is 5.15. The van der Waals surface area contributed by atoms with E-state index in [2.05, 4.69) is 5.32 Å². The fourth-order valence-corrected chi connectivity index (χ4v) is 1.33. The lowest BCUT2D eigenvalue weighted by atomic mass is 10.1. The Bertz CT molecular complexity index is 398. The molecule has 1 heterocycles. The number of amides is 3. The molecule has 0 fully saturated rings. The van der Waals surface area contributed by atoms with Crippen molar-refractivity contribution >= 4 is 17.9 Å². The summed E-state index contributed by atoms with van der Waals surface area (Å²) >= 11 is 0. The second-order valence-electron chi connectivity index (χ2n) is 3.71. The van der Waals surface area contributed by atoms with E-state index in [0.29, 0.717) is 19.2 Å². The summed E-state index contributed by atoms with van der Waals surface area (Å²) in [7, 11) is 0. The number of carboxylic acid groups (broad SMARTS) is 1. The second kappa shape index (κ2) is 5.83. The van der Waals surface area contributed by atoms with Crippen molar-refractivity contribution in [2.75, 3.05) is 13.1 Å². The van der Waals surface area contributed by atoms with Crippen LogP contribution in [0.5, 0.6) is 0 Å². The number of hydrogen-bond donors (Lipinski definition) is 2. The smallest absolute Gasteiger partial charge is 0.328 e. The van der Waals surface area contributed by atoms with E-state index in [4.69, 9.17) is 5.11 Å². The fourth-order valence-electron chi connectivity index (χ4n) is 1.33. The summed E-state index contributed by atoms with van der Waals surface area (Å²) in [4.78, 5) is 34.3. The summed E-state index contributed by atoms with van der Waals surface area (Å²) in [6.45, 7) is 3.01. The Morgan fingerprint density at radius 3 is 2.65 bits per heavy atom. The van der Waals surface area contributed by atoms with E-state index in [-0.39, 0.29) is 0 Å². The summed E-state index contributed by atoms with van der Waals surface area (Å²) in [5.41, 5.74) is 1.21. The van der Waals surface area contributed by atoms with Crippen molar-refractivity contribution in [3.05, 3.63) is 23.8 Å². The molecule has 0 saturated carbocycles. The molecule has 17 heavy (non-hydrogen) atoms. The van der Waals surface area contributed by atoms with Crippen molar-refractivity contribution in [1.29, 1.82) is 0 Å². The summed E-state index contributed by atoms with van der Waals surface area (Å²) in [5, 5.41) is 10.4. The second-order valence-corrected chi connectivity index (χ2v) is 3.71. The van der Waals surface area contributed by atoms with Crippen LogP contribution in [0.25, 0.3) is 0 Å². The number of carbonyl (C=O) groups is 3. The summed E-state index contributed by atoms with van der Waals surface area (Å²) in [5.74, 6) is -1.96. The highest BCUT2D eigenvalue weighted by Crippen LogP contribution is 2.09. The van der Waals surface area contributed by atoms with E-state index in [1.54, 1.807) is 0 Å². The Labute approximate surface area is 98.6 Å². The topological polar surface area (TPSA) is 86.7 Å². The van der Waals surface area contributed by atoms with E-state index in [9.17, 15) is 14.4 Å². The first kappa shape index (κ1) is 13.0. The zero-order valence-electron chi connectivity index (χ0n) is 9.47. The van der Waals surface area contributed by atoms with Gasteiger partial charge in [-0.25, -0.2) is 9.59 Å². The minimum Gasteiger partial charge on any atom is -0.478 e. The molecule has 0 bridgehead atoms. The van der Waals surface area contributed by atoms with Crippen molar-refractivity contribution in [1.82, 2.24) is 10.2 Å². The van der Waals surface area contributed by atoms with Crippen LogP contribution in [0.15, 0.2) is 23.8 Å². The number of rotatable bonds is 2. The predicted octanol–water partition coefficient (Wildman–Crippen LogP) is 0.515. The number of nitrogens with zero attached hydrogens (tertiary/aromatic N) is 1. The molecule has 6 nitrogen and oxygen atoms in total. The standard InChI is InChI=1S/C11H14N2O4/c1-8-4-6-13(7-5-8)11(17)12-9(14)2-3-10(15)16/h2-4H,5-7H2,1H3,(H,15,16)(H,12,14,17)/b3-2+. The van der Waals surface area contributed by atoms with E-state index in [0.717, 1.165) is 12.5 Å². The molecule has 0 saturated heterocycles. The number of aliphatic carboxylic acids is 1. The van der Waals surface area contributed by atoms with Crippen LogP contribution in [0.1, 0.15) is 13.3 Å². The molecule has 0 unspecified atom stereocenters. The van der Waals surface area contributed by atoms with Crippen LogP contribution in [-0.4, -0.2) is 41.0 Å². The van der Waals surface area contributed by atoms with Gasteiger partial charge >= 0.3 is 12.0 Å². The molecule has 0 spiro atoms. The molecule has 92 valence electrons. The molecule has 0 aromatic heterocycles. The first-order chi connectivity index (χ1) is 7.99. The van der Waals surface area contributed by atoms with Gasteiger partial charge in [-0.15, -0.1) is 0 Å². The van der Waals surface area contributed by atoms with Crippen LogP contribution >= 0.6 is 0 Å². The minimum absolute atomic E-state index is 0.466. The molecule has 1 aliphatic heterocycles. The fraction of sp³-hybridized carbons (Fsp3) is 0.364. The largest absolute Gasteiger partial charge is 0.478 e. The minimum atomic E-state index is -1.23. The number of imide groups is 1. The lowest BCUT2D eigenvalue weighted by Crippen LogP contribution is -2.44. The van der Waals surface area contributed by atoms with Gasteiger partial charge < -0.3 is 10.0 Å². The van der Waals surface area contributed by atoms with E-state index in [1.165, 1.54) is 10.5 Å². The zero-order chi connectivity index (χ0) is 12.8. The van der Waals surface area contributed by atoms with Gasteiger partial charge in [0.05, 0.1) is 0 Å². The van der Waals surface area contributed by atoms with Crippen molar-refractivity contribution in [3.63, 3.8) is 0 Å². The van der Waals surface area contributed by atoms with Gasteiger partial charge in [0.1, 0.15) is 0 Å². The van der Waals surface area contributed by atoms with Gasteiger partial charge in [-0.2, -0.15) is 0 Å². The van der Waals surface area contributed by atoms with Crippen molar-refractivity contribution in [2.24, 2.45) is 0 Å². The van der Waals surface area contributed by atoms with Crippen LogP contribution < -0.4 is 5.32 Å². The van der Waals surface area contributed by atoms with Crippen molar-refractivity contribution in [2.45, 2.75) is 13.3 Å². The molecule has 2 N–H and O–H groups in total. The number of carboxylic acids is 1. The molecular formula is C11H14N2O4. The third kappa shape index (κ3) is 4.50. The van der Waals surface area contributed by atoms with E-state index in [1.807, 2.05) is 13.0 Å². The lowest BCUT2D eigenvalue weighted by Gasteiger charge is -2.24. The van der Waals surface area contributed by atoms with Crippen molar-refractivity contribution < 1.29 is 19.5 Å². The van der Waals surface area contributed by atoms with Gasteiger partial charge in [-0.1, -0.05) is 11.6 Å². The number of hydrogen-bond acceptors (Lipinski definition) is 3.